The second-order valence-electron chi connectivity index (χ2n) is 8.60. The third-order valence-electron chi connectivity index (χ3n) is 6.43. The minimum atomic E-state index is -0.562. The van der Waals surface area contributed by atoms with Crippen molar-refractivity contribution in [3.8, 4) is 0 Å². The highest BCUT2D eigenvalue weighted by molar-refractivity contribution is 6.03. The van der Waals surface area contributed by atoms with Gasteiger partial charge in [0.05, 0.1) is 17.5 Å². The number of amides is 2. The summed E-state index contributed by atoms with van der Waals surface area (Å²) in [6.45, 7) is 1.06. The summed E-state index contributed by atoms with van der Waals surface area (Å²) >= 11 is 0. The predicted octanol–water partition coefficient (Wildman–Crippen LogP) is 4.52. The van der Waals surface area contributed by atoms with Gasteiger partial charge in [-0.05, 0) is 49.8 Å². The first-order chi connectivity index (χ1) is 15.7. The number of allylic oxidation sites excluding steroid dienone is 1. The molecular formula is C26H28N4O2. The summed E-state index contributed by atoms with van der Waals surface area (Å²) in [5, 5.41) is 2.96. The summed E-state index contributed by atoms with van der Waals surface area (Å²) in [5.74, 6) is 0.491. The van der Waals surface area contributed by atoms with Gasteiger partial charge in [-0.3, -0.25) is 19.1 Å². The van der Waals surface area contributed by atoms with Crippen molar-refractivity contribution in [3.63, 3.8) is 0 Å². The van der Waals surface area contributed by atoms with E-state index in [9.17, 15) is 9.59 Å². The third kappa shape index (κ3) is 4.05. The van der Waals surface area contributed by atoms with Crippen LogP contribution in [0.25, 0.3) is 11.0 Å². The lowest BCUT2D eigenvalue weighted by Gasteiger charge is -2.18. The van der Waals surface area contributed by atoms with Crippen molar-refractivity contribution in [1.29, 1.82) is 0 Å². The Morgan fingerprint density at radius 2 is 1.88 bits per heavy atom. The Balaban J connectivity index is 1.36. The molecule has 0 fully saturated rings. The molecule has 5 rings (SSSR count). The van der Waals surface area contributed by atoms with Gasteiger partial charge >= 0.3 is 0 Å². The van der Waals surface area contributed by atoms with Crippen LogP contribution in [0.1, 0.15) is 50.1 Å². The van der Waals surface area contributed by atoms with Crippen LogP contribution in [0.4, 0.5) is 5.95 Å². The molecule has 2 amide bonds. The second kappa shape index (κ2) is 8.99. The van der Waals surface area contributed by atoms with Crippen molar-refractivity contribution in [2.75, 3.05) is 11.4 Å². The Bertz CT molecular complexity index is 1170. The molecule has 2 aromatic carbocycles. The first-order valence-electron chi connectivity index (χ1n) is 11.5. The molecule has 1 aliphatic carbocycles. The standard InChI is InChI=1S/C26H28N4O2/c31-24(27-18-20-11-5-2-6-12-20)17-23-25(32)29(16-15-19-9-3-1-4-10-19)26-28-21-13-7-8-14-22(21)30(23)26/h2,5-9,11-14,23H,1,3-4,10,15-18H2,(H,27,31)/t23-/m1/s1. The molecule has 0 spiro atoms. The highest BCUT2D eigenvalue weighted by Gasteiger charge is 2.40. The minimum absolute atomic E-state index is 0.0375. The number of anilines is 1. The van der Waals surface area contributed by atoms with Gasteiger partial charge in [-0.1, -0.05) is 54.1 Å². The Hall–Kier alpha value is -3.41. The number of carbonyl (C=O) groups is 2. The Morgan fingerprint density at radius 1 is 1.06 bits per heavy atom. The van der Waals surface area contributed by atoms with Gasteiger partial charge in [-0.2, -0.15) is 0 Å². The fourth-order valence-corrected chi connectivity index (χ4v) is 4.74. The molecule has 1 aromatic heterocycles. The van der Waals surface area contributed by atoms with E-state index < -0.39 is 6.04 Å². The van der Waals surface area contributed by atoms with Gasteiger partial charge in [0.25, 0.3) is 5.91 Å². The summed E-state index contributed by atoms with van der Waals surface area (Å²) in [6, 6.07) is 17.1. The van der Waals surface area contributed by atoms with E-state index in [0.717, 1.165) is 35.9 Å². The maximum Gasteiger partial charge on any atom is 0.253 e. The number of imidazole rings is 1. The number of aromatic nitrogens is 2. The van der Waals surface area contributed by atoms with Gasteiger partial charge < -0.3 is 5.32 Å². The normalized spacial score (nSPS) is 18.0. The van der Waals surface area contributed by atoms with Crippen LogP contribution in [0.15, 0.2) is 66.2 Å². The zero-order chi connectivity index (χ0) is 21.9. The third-order valence-corrected chi connectivity index (χ3v) is 6.43. The van der Waals surface area contributed by atoms with E-state index in [4.69, 9.17) is 4.98 Å². The zero-order valence-electron chi connectivity index (χ0n) is 18.2. The quantitative estimate of drug-likeness (QED) is 0.563. The number of carbonyl (C=O) groups excluding carboxylic acids is 2. The molecule has 3 aromatic rings. The molecule has 6 nitrogen and oxygen atoms in total. The lowest BCUT2D eigenvalue weighted by Crippen LogP contribution is -2.33. The molecule has 32 heavy (non-hydrogen) atoms. The summed E-state index contributed by atoms with van der Waals surface area (Å²) in [7, 11) is 0. The number of nitrogens with zero attached hydrogens (tertiary/aromatic N) is 3. The van der Waals surface area contributed by atoms with E-state index in [1.54, 1.807) is 4.90 Å². The van der Waals surface area contributed by atoms with Crippen molar-refractivity contribution < 1.29 is 9.59 Å². The number of benzene rings is 2. The van der Waals surface area contributed by atoms with Gasteiger partial charge in [0.15, 0.2) is 0 Å². The molecular weight excluding hydrogens is 400 g/mol. The van der Waals surface area contributed by atoms with Gasteiger partial charge in [-0.15, -0.1) is 0 Å². The van der Waals surface area contributed by atoms with E-state index in [2.05, 4.69) is 11.4 Å². The van der Waals surface area contributed by atoms with Crippen molar-refractivity contribution >= 4 is 28.8 Å². The number of fused-ring (bicyclic) bond motifs is 3. The predicted molar refractivity (Wildman–Crippen MR) is 125 cm³/mol. The summed E-state index contributed by atoms with van der Waals surface area (Å²) in [5.41, 5.74) is 4.22. The average molecular weight is 429 g/mol. The molecule has 0 saturated carbocycles. The molecule has 0 saturated heterocycles. The van der Waals surface area contributed by atoms with Crippen LogP contribution in [-0.2, 0) is 16.1 Å². The Kier molecular flexibility index (Phi) is 5.75. The first-order valence-corrected chi connectivity index (χ1v) is 11.5. The molecule has 2 aliphatic rings. The Labute approximate surface area is 187 Å². The van der Waals surface area contributed by atoms with E-state index in [0.29, 0.717) is 19.0 Å². The number of para-hydroxylation sites is 2. The number of hydrogen-bond donors (Lipinski definition) is 1. The Morgan fingerprint density at radius 3 is 2.69 bits per heavy atom. The van der Waals surface area contributed by atoms with Gasteiger partial charge in [-0.25, -0.2) is 4.98 Å². The number of hydrogen-bond acceptors (Lipinski definition) is 3. The number of rotatable bonds is 7. The highest BCUT2D eigenvalue weighted by Crippen LogP contribution is 2.37. The maximum absolute atomic E-state index is 13.4. The maximum atomic E-state index is 13.4. The van der Waals surface area contributed by atoms with E-state index in [1.807, 2.05) is 59.2 Å². The molecule has 1 atom stereocenters. The molecule has 164 valence electrons. The second-order valence-corrected chi connectivity index (χ2v) is 8.60. The summed E-state index contributed by atoms with van der Waals surface area (Å²) < 4.78 is 1.95. The van der Waals surface area contributed by atoms with Crippen molar-refractivity contribution in [3.05, 3.63) is 71.8 Å². The van der Waals surface area contributed by atoms with Crippen molar-refractivity contribution in [2.24, 2.45) is 0 Å². The van der Waals surface area contributed by atoms with Crippen molar-refractivity contribution in [2.45, 2.75) is 51.1 Å². The van der Waals surface area contributed by atoms with E-state index in [1.165, 1.54) is 18.4 Å². The molecule has 0 radical (unpaired) electrons. The van der Waals surface area contributed by atoms with E-state index >= 15 is 0 Å². The monoisotopic (exact) mass is 428 g/mol. The van der Waals surface area contributed by atoms with Crippen LogP contribution >= 0.6 is 0 Å². The molecule has 0 unspecified atom stereocenters. The van der Waals surface area contributed by atoms with Crippen LogP contribution in [-0.4, -0.2) is 27.9 Å². The smallest absolute Gasteiger partial charge is 0.253 e. The highest BCUT2D eigenvalue weighted by atomic mass is 16.2. The topological polar surface area (TPSA) is 67.2 Å². The largest absolute Gasteiger partial charge is 0.352 e. The minimum Gasteiger partial charge on any atom is -0.352 e. The van der Waals surface area contributed by atoms with Gasteiger partial charge in [0.2, 0.25) is 11.9 Å². The van der Waals surface area contributed by atoms with Gasteiger partial charge in [0, 0.05) is 13.1 Å². The fraction of sp³-hybridized carbons (Fsp3) is 0.346. The van der Waals surface area contributed by atoms with Crippen LogP contribution in [0.3, 0.4) is 0 Å². The van der Waals surface area contributed by atoms with Crippen LogP contribution in [0.2, 0.25) is 0 Å². The van der Waals surface area contributed by atoms with Gasteiger partial charge in [0.1, 0.15) is 6.04 Å². The summed E-state index contributed by atoms with van der Waals surface area (Å²) in [4.78, 5) is 32.7. The molecule has 1 N–H and O–H groups in total. The lowest BCUT2D eigenvalue weighted by atomic mass is 9.97. The number of nitrogens with one attached hydrogen (secondary N) is 1. The first kappa shape index (κ1) is 20.5. The van der Waals surface area contributed by atoms with Crippen LogP contribution in [0.5, 0.6) is 0 Å². The van der Waals surface area contributed by atoms with Crippen LogP contribution < -0.4 is 10.2 Å². The fourth-order valence-electron chi connectivity index (χ4n) is 4.74. The molecule has 2 heterocycles. The average Bonchev–Trinajstić information content (AvgIpc) is 3.32. The SMILES string of the molecule is O=C(C[C@@H]1C(=O)N(CCC2=CCCCC2)c2nc3ccccc3n21)NCc1ccccc1. The lowest BCUT2D eigenvalue weighted by molar-refractivity contribution is -0.127. The van der Waals surface area contributed by atoms with Crippen LogP contribution in [0, 0.1) is 0 Å². The molecule has 0 bridgehead atoms. The molecule has 1 aliphatic heterocycles. The zero-order valence-corrected chi connectivity index (χ0v) is 18.2. The van der Waals surface area contributed by atoms with Crippen molar-refractivity contribution in [1.82, 2.24) is 14.9 Å². The molecule has 6 heteroatoms. The van der Waals surface area contributed by atoms with E-state index in [-0.39, 0.29) is 18.2 Å². The summed E-state index contributed by atoms with van der Waals surface area (Å²) in [6.07, 6.45) is 8.02.